The molecule has 1 heteroatoms. The van der Waals surface area contributed by atoms with E-state index in [-0.39, 0.29) is 5.60 Å². The van der Waals surface area contributed by atoms with E-state index in [1.807, 2.05) is 7.11 Å². The molecule has 1 nitrogen and oxygen atoms in total. The number of unbranched alkanes of at least 4 members (excludes halogenated alkanes) is 1. The second kappa shape index (κ2) is 5.27. The largest absolute Gasteiger partial charge is 0.378 e. The normalized spacial score (nSPS) is 18.7. The summed E-state index contributed by atoms with van der Waals surface area (Å²) in [4.78, 5) is 0. The van der Waals surface area contributed by atoms with Gasteiger partial charge in [0.1, 0.15) is 0 Å². The summed E-state index contributed by atoms with van der Waals surface area (Å²) in [5.41, 5.74) is 4.20. The lowest BCUT2D eigenvalue weighted by Gasteiger charge is -2.33. The van der Waals surface area contributed by atoms with Crippen LogP contribution in [0.4, 0.5) is 0 Å². The van der Waals surface area contributed by atoms with E-state index in [1.165, 1.54) is 36.0 Å². The molecule has 1 aliphatic rings. The predicted molar refractivity (Wildman–Crippen MR) is 77.8 cm³/mol. The molecule has 0 saturated carbocycles. The van der Waals surface area contributed by atoms with Gasteiger partial charge in [-0.2, -0.15) is 0 Å². The molecular formula is C17H24O. The first-order chi connectivity index (χ1) is 8.60. The maximum atomic E-state index is 5.75. The Balaban J connectivity index is 2.36. The Morgan fingerprint density at radius 2 is 1.94 bits per heavy atom. The standard InChI is InChI=1S/C17H24O/c1-5-6-9-14-12-13-10-7-8-11-15(13)16(14)17(2,3)18-4/h7-8,10-12,16H,5-6,9H2,1-4H3/t16-/m1/s1. The van der Waals surface area contributed by atoms with Gasteiger partial charge in [-0.1, -0.05) is 49.3 Å². The molecule has 18 heavy (non-hydrogen) atoms. The Labute approximate surface area is 111 Å². The van der Waals surface area contributed by atoms with Crippen molar-refractivity contribution in [3.05, 3.63) is 41.0 Å². The summed E-state index contributed by atoms with van der Waals surface area (Å²) in [5, 5.41) is 0. The second-order valence-corrected chi connectivity index (χ2v) is 5.69. The van der Waals surface area contributed by atoms with Gasteiger partial charge in [0.2, 0.25) is 0 Å². The zero-order valence-corrected chi connectivity index (χ0v) is 12.0. The molecule has 0 amide bonds. The van der Waals surface area contributed by atoms with E-state index in [0.29, 0.717) is 5.92 Å². The molecule has 1 aromatic carbocycles. The molecule has 0 spiro atoms. The zero-order chi connectivity index (χ0) is 13.2. The fourth-order valence-corrected chi connectivity index (χ4v) is 2.92. The molecule has 0 fully saturated rings. The molecule has 98 valence electrons. The van der Waals surface area contributed by atoms with Crippen molar-refractivity contribution in [2.75, 3.05) is 7.11 Å². The van der Waals surface area contributed by atoms with Crippen molar-refractivity contribution in [1.82, 2.24) is 0 Å². The Hall–Kier alpha value is -1.08. The first-order valence-electron chi connectivity index (χ1n) is 6.94. The molecule has 1 aliphatic carbocycles. The van der Waals surface area contributed by atoms with E-state index in [0.717, 1.165) is 0 Å². The van der Waals surface area contributed by atoms with Crippen LogP contribution in [0.2, 0.25) is 0 Å². The van der Waals surface area contributed by atoms with Gasteiger partial charge in [-0.15, -0.1) is 0 Å². The average molecular weight is 244 g/mol. The van der Waals surface area contributed by atoms with Crippen molar-refractivity contribution in [2.45, 2.75) is 51.6 Å². The zero-order valence-electron chi connectivity index (χ0n) is 12.0. The summed E-state index contributed by atoms with van der Waals surface area (Å²) in [6.45, 7) is 6.64. The molecule has 1 atom stereocenters. The summed E-state index contributed by atoms with van der Waals surface area (Å²) >= 11 is 0. The molecule has 0 unspecified atom stereocenters. The van der Waals surface area contributed by atoms with Gasteiger partial charge in [0.15, 0.2) is 0 Å². The van der Waals surface area contributed by atoms with Crippen LogP contribution in [0.5, 0.6) is 0 Å². The number of hydrogen-bond donors (Lipinski definition) is 0. The van der Waals surface area contributed by atoms with Crippen LogP contribution >= 0.6 is 0 Å². The highest BCUT2D eigenvalue weighted by atomic mass is 16.5. The molecule has 0 radical (unpaired) electrons. The monoisotopic (exact) mass is 244 g/mol. The van der Waals surface area contributed by atoms with Crippen molar-refractivity contribution < 1.29 is 4.74 Å². The van der Waals surface area contributed by atoms with Crippen LogP contribution in [-0.2, 0) is 4.74 Å². The summed E-state index contributed by atoms with van der Waals surface area (Å²) in [6.07, 6.45) is 6.06. The van der Waals surface area contributed by atoms with Crippen molar-refractivity contribution >= 4 is 6.08 Å². The van der Waals surface area contributed by atoms with Gasteiger partial charge in [-0.05, 0) is 37.8 Å². The first kappa shape index (κ1) is 13.4. The van der Waals surface area contributed by atoms with Crippen LogP contribution in [-0.4, -0.2) is 12.7 Å². The average Bonchev–Trinajstić information content (AvgIpc) is 2.75. The quantitative estimate of drug-likeness (QED) is 0.724. The lowest BCUT2D eigenvalue weighted by molar-refractivity contribution is 0.00783. The van der Waals surface area contributed by atoms with Gasteiger partial charge in [-0.3, -0.25) is 0 Å². The highest BCUT2D eigenvalue weighted by molar-refractivity contribution is 5.67. The minimum absolute atomic E-state index is 0.133. The van der Waals surface area contributed by atoms with E-state index < -0.39 is 0 Å². The van der Waals surface area contributed by atoms with Gasteiger partial charge >= 0.3 is 0 Å². The van der Waals surface area contributed by atoms with Gasteiger partial charge in [-0.25, -0.2) is 0 Å². The molecule has 0 aliphatic heterocycles. The lowest BCUT2D eigenvalue weighted by atomic mass is 9.80. The minimum atomic E-state index is -0.133. The SMILES string of the molecule is CCCCC1=Cc2ccccc2[C@@H]1C(C)(C)OC. The van der Waals surface area contributed by atoms with Crippen molar-refractivity contribution in [3.8, 4) is 0 Å². The molecule has 0 N–H and O–H groups in total. The predicted octanol–water partition coefficient (Wildman–Crippen LogP) is 4.78. The number of rotatable bonds is 5. The molecule has 0 aromatic heterocycles. The van der Waals surface area contributed by atoms with Crippen LogP contribution in [0.25, 0.3) is 6.08 Å². The topological polar surface area (TPSA) is 9.23 Å². The summed E-state index contributed by atoms with van der Waals surface area (Å²) < 4.78 is 5.75. The van der Waals surface area contributed by atoms with E-state index in [2.05, 4.69) is 51.1 Å². The van der Waals surface area contributed by atoms with Crippen LogP contribution in [0.15, 0.2) is 29.8 Å². The molecule has 0 bridgehead atoms. The second-order valence-electron chi connectivity index (χ2n) is 5.69. The Morgan fingerprint density at radius 1 is 1.22 bits per heavy atom. The number of methoxy groups -OCH3 is 1. The van der Waals surface area contributed by atoms with Gasteiger partial charge in [0, 0.05) is 13.0 Å². The summed E-state index contributed by atoms with van der Waals surface area (Å²) in [7, 11) is 1.82. The van der Waals surface area contributed by atoms with Gasteiger partial charge in [0.05, 0.1) is 5.60 Å². The molecule has 1 aromatic rings. The van der Waals surface area contributed by atoms with Crippen LogP contribution in [0.1, 0.15) is 57.1 Å². The highest BCUT2D eigenvalue weighted by Crippen LogP contribution is 2.46. The fraction of sp³-hybridized carbons (Fsp3) is 0.529. The maximum Gasteiger partial charge on any atom is 0.0728 e. The fourth-order valence-electron chi connectivity index (χ4n) is 2.92. The molecule has 0 saturated heterocycles. The Morgan fingerprint density at radius 3 is 2.61 bits per heavy atom. The third kappa shape index (κ3) is 2.37. The molecular weight excluding hydrogens is 220 g/mol. The van der Waals surface area contributed by atoms with Crippen LogP contribution in [0, 0.1) is 0 Å². The van der Waals surface area contributed by atoms with Gasteiger partial charge < -0.3 is 4.74 Å². The van der Waals surface area contributed by atoms with Crippen molar-refractivity contribution in [3.63, 3.8) is 0 Å². The van der Waals surface area contributed by atoms with E-state index in [9.17, 15) is 0 Å². The van der Waals surface area contributed by atoms with Crippen molar-refractivity contribution in [2.24, 2.45) is 0 Å². The number of fused-ring (bicyclic) bond motifs is 1. The third-order valence-corrected chi connectivity index (χ3v) is 4.06. The van der Waals surface area contributed by atoms with E-state index >= 15 is 0 Å². The highest BCUT2D eigenvalue weighted by Gasteiger charge is 2.37. The Kier molecular flexibility index (Phi) is 3.91. The third-order valence-electron chi connectivity index (χ3n) is 4.06. The number of ether oxygens (including phenoxy) is 1. The minimum Gasteiger partial charge on any atom is -0.378 e. The summed E-state index contributed by atoms with van der Waals surface area (Å²) in [5.74, 6) is 0.408. The first-order valence-corrected chi connectivity index (χ1v) is 6.94. The lowest BCUT2D eigenvalue weighted by Crippen LogP contribution is -2.31. The molecule has 2 rings (SSSR count). The summed E-state index contributed by atoms with van der Waals surface area (Å²) in [6, 6.07) is 8.71. The van der Waals surface area contributed by atoms with Crippen LogP contribution in [0.3, 0.4) is 0 Å². The van der Waals surface area contributed by atoms with Crippen molar-refractivity contribution in [1.29, 1.82) is 0 Å². The smallest absolute Gasteiger partial charge is 0.0728 e. The van der Waals surface area contributed by atoms with E-state index in [1.54, 1.807) is 0 Å². The maximum absolute atomic E-state index is 5.75. The Bertz CT molecular complexity index is 443. The van der Waals surface area contributed by atoms with Crippen LogP contribution < -0.4 is 0 Å². The molecule has 0 heterocycles. The van der Waals surface area contributed by atoms with Gasteiger partial charge in [0.25, 0.3) is 0 Å². The number of hydrogen-bond acceptors (Lipinski definition) is 1. The van der Waals surface area contributed by atoms with E-state index in [4.69, 9.17) is 4.74 Å². The number of benzene rings is 1.